The Kier molecular flexibility index (Phi) is 6.93. The first-order valence-corrected chi connectivity index (χ1v) is 10.6. The monoisotopic (exact) mass is 414 g/mol. The molecule has 1 aromatic heterocycles. The highest BCUT2D eigenvalue weighted by molar-refractivity contribution is 7.17. The highest BCUT2D eigenvalue weighted by atomic mass is 32.1. The Morgan fingerprint density at radius 1 is 1.24 bits per heavy atom. The van der Waals surface area contributed by atoms with Gasteiger partial charge < -0.3 is 20.5 Å². The third kappa shape index (κ3) is 4.98. The van der Waals surface area contributed by atoms with E-state index in [-0.39, 0.29) is 5.91 Å². The minimum absolute atomic E-state index is 0.309. The van der Waals surface area contributed by atoms with Crippen LogP contribution in [-0.4, -0.2) is 25.5 Å². The van der Waals surface area contributed by atoms with Gasteiger partial charge in [0.2, 0.25) is 5.91 Å². The van der Waals surface area contributed by atoms with Crippen LogP contribution in [0.3, 0.4) is 0 Å². The number of ether oxygens (including phenoxy) is 2. The number of primary amides is 1. The normalized spacial score (nSPS) is 13.2. The molecule has 1 aromatic carbocycles. The van der Waals surface area contributed by atoms with E-state index >= 15 is 0 Å². The lowest BCUT2D eigenvalue weighted by molar-refractivity contribution is -0.111. The lowest BCUT2D eigenvalue weighted by Crippen LogP contribution is -2.17. The van der Waals surface area contributed by atoms with E-state index in [0.717, 1.165) is 48.1 Å². The van der Waals surface area contributed by atoms with Gasteiger partial charge in [-0.1, -0.05) is 13.0 Å². The van der Waals surface area contributed by atoms with Gasteiger partial charge in [-0.05, 0) is 61.4 Å². The van der Waals surface area contributed by atoms with E-state index in [4.69, 9.17) is 15.2 Å². The summed E-state index contributed by atoms with van der Waals surface area (Å²) in [5, 5.41) is 3.36. The predicted octanol–water partition coefficient (Wildman–Crippen LogP) is 4.18. The smallest absolute Gasteiger partial charge is 0.251 e. The quantitative estimate of drug-likeness (QED) is 0.634. The molecule has 0 radical (unpaired) electrons. The van der Waals surface area contributed by atoms with Crippen LogP contribution in [-0.2, 0) is 17.6 Å². The van der Waals surface area contributed by atoms with E-state index in [1.54, 1.807) is 13.2 Å². The molecule has 1 heterocycles. The summed E-state index contributed by atoms with van der Waals surface area (Å²) in [4.78, 5) is 25.5. The Balaban J connectivity index is 1.73. The van der Waals surface area contributed by atoms with E-state index < -0.39 is 5.91 Å². The first-order chi connectivity index (χ1) is 14.0. The van der Waals surface area contributed by atoms with Gasteiger partial charge in [-0.25, -0.2) is 0 Å². The third-order valence-electron chi connectivity index (χ3n) is 4.73. The zero-order valence-corrected chi connectivity index (χ0v) is 17.6. The molecule has 2 aromatic rings. The second-order valence-corrected chi connectivity index (χ2v) is 7.97. The number of hydrogen-bond acceptors (Lipinski definition) is 5. The fourth-order valence-corrected chi connectivity index (χ4v) is 4.66. The molecule has 2 amide bonds. The Hall–Kier alpha value is -2.80. The number of anilines is 1. The third-order valence-corrected chi connectivity index (χ3v) is 5.94. The van der Waals surface area contributed by atoms with Gasteiger partial charge in [-0.2, -0.15) is 0 Å². The molecule has 0 saturated heterocycles. The second kappa shape index (κ2) is 9.60. The second-order valence-electron chi connectivity index (χ2n) is 6.86. The minimum atomic E-state index is -0.490. The van der Waals surface area contributed by atoms with Crippen molar-refractivity contribution in [2.75, 3.05) is 19.0 Å². The van der Waals surface area contributed by atoms with Crippen molar-refractivity contribution >= 4 is 34.2 Å². The SMILES string of the molecule is CCCOc1ccc(C=CC(=O)Nc2sc3c(c2C(N)=O)CCCC3)cc1OC. The lowest BCUT2D eigenvalue weighted by Gasteiger charge is -2.11. The van der Waals surface area contributed by atoms with Crippen molar-refractivity contribution in [3.8, 4) is 11.5 Å². The van der Waals surface area contributed by atoms with Crippen LogP contribution >= 0.6 is 11.3 Å². The predicted molar refractivity (Wildman–Crippen MR) is 116 cm³/mol. The van der Waals surface area contributed by atoms with Crippen LogP contribution in [0.2, 0.25) is 0 Å². The molecule has 154 valence electrons. The van der Waals surface area contributed by atoms with Gasteiger partial charge in [-0.3, -0.25) is 9.59 Å². The van der Waals surface area contributed by atoms with Gasteiger partial charge >= 0.3 is 0 Å². The molecule has 29 heavy (non-hydrogen) atoms. The molecular formula is C22H26N2O4S. The molecule has 0 aliphatic heterocycles. The molecule has 6 nitrogen and oxygen atoms in total. The zero-order valence-electron chi connectivity index (χ0n) is 16.7. The highest BCUT2D eigenvalue weighted by Crippen LogP contribution is 2.38. The van der Waals surface area contributed by atoms with E-state index in [2.05, 4.69) is 5.32 Å². The molecule has 7 heteroatoms. The number of carbonyl (C=O) groups is 2. The summed E-state index contributed by atoms with van der Waals surface area (Å²) < 4.78 is 11.0. The number of hydrogen-bond donors (Lipinski definition) is 2. The van der Waals surface area contributed by atoms with Gasteiger partial charge in [0.25, 0.3) is 5.91 Å². The zero-order chi connectivity index (χ0) is 20.8. The van der Waals surface area contributed by atoms with Gasteiger partial charge in [0.15, 0.2) is 11.5 Å². The van der Waals surface area contributed by atoms with Crippen molar-refractivity contribution in [1.29, 1.82) is 0 Å². The summed E-state index contributed by atoms with van der Waals surface area (Å²) in [6.07, 6.45) is 7.93. The Morgan fingerprint density at radius 2 is 2.03 bits per heavy atom. The maximum absolute atomic E-state index is 12.4. The molecular weight excluding hydrogens is 388 g/mol. The van der Waals surface area contributed by atoms with Crippen LogP contribution < -0.4 is 20.5 Å². The van der Waals surface area contributed by atoms with Gasteiger partial charge in [0.05, 0.1) is 19.3 Å². The molecule has 0 spiro atoms. The van der Waals surface area contributed by atoms with E-state index in [9.17, 15) is 9.59 Å². The minimum Gasteiger partial charge on any atom is -0.493 e. The number of methoxy groups -OCH3 is 1. The number of thiophene rings is 1. The van der Waals surface area contributed by atoms with Crippen LogP contribution in [0.5, 0.6) is 11.5 Å². The molecule has 3 N–H and O–H groups in total. The number of carbonyl (C=O) groups excluding carboxylic acids is 2. The number of fused-ring (bicyclic) bond motifs is 1. The molecule has 0 fully saturated rings. The van der Waals surface area contributed by atoms with Crippen LogP contribution in [0.4, 0.5) is 5.00 Å². The van der Waals surface area contributed by atoms with E-state index in [1.165, 1.54) is 17.4 Å². The maximum atomic E-state index is 12.4. The molecule has 0 unspecified atom stereocenters. The molecule has 1 aliphatic carbocycles. The average molecular weight is 415 g/mol. The first kappa shape index (κ1) is 20.9. The topological polar surface area (TPSA) is 90.6 Å². The van der Waals surface area contributed by atoms with Crippen molar-refractivity contribution in [2.45, 2.75) is 39.0 Å². The first-order valence-electron chi connectivity index (χ1n) is 9.77. The van der Waals surface area contributed by atoms with Crippen molar-refractivity contribution in [1.82, 2.24) is 0 Å². The number of nitrogens with one attached hydrogen (secondary N) is 1. The average Bonchev–Trinajstić information content (AvgIpc) is 3.08. The number of aryl methyl sites for hydroxylation is 1. The van der Waals surface area contributed by atoms with Gasteiger partial charge in [0.1, 0.15) is 5.00 Å². The van der Waals surface area contributed by atoms with Crippen LogP contribution in [0, 0.1) is 0 Å². The lowest BCUT2D eigenvalue weighted by atomic mass is 9.95. The number of amides is 2. The van der Waals surface area contributed by atoms with Crippen molar-refractivity contribution in [3.05, 3.63) is 45.8 Å². The fourth-order valence-electron chi connectivity index (χ4n) is 3.36. The number of benzene rings is 1. The molecule has 0 atom stereocenters. The largest absolute Gasteiger partial charge is 0.493 e. The molecule has 1 aliphatic rings. The standard InChI is InChI=1S/C22H26N2O4S/c1-3-12-28-16-10-8-14(13-17(16)27-2)9-11-19(25)24-22-20(21(23)26)15-6-4-5-7-18(15)29-22/h8-11,13H,3-7,12H2,1-2H3,(H2,23,26)(H,24,25). The van der Waals surface area contributed by atoms with E-state index in [1.807, 2.05) is 25.1 Å². The molecule has 3 rings (SSSR count). The highest BCUT2D eigenvalue weighted by Gasteiger charge is 2.24. The number of rotatable bonds is 8. The maximum Gasteiger partial charge on any atom is 0.251 e. The van der Waals surface area contributed by atoms with Crippen LogP contribution in [0.25, 0.3) is 6.08 Å². The molecule has 0 bridgehead atoms. The fraction of sp³-hybridized carbons (Fsp3) is 0.364. The van der Waals surface area contributed by atoms with Gasteiger partial charge in [-0.15, -0.1) is 11.3 Å². The summed E-state index contributed by atoms with van der Waals surface area (Å²) in [5.74, 6) is 0.488. The summed E-state index contributed by atoms with van der Waals surface area (Å²) in [6.45, 7) is 2.65. The van der Waals surface area contributed by atoms with Crippen molar-refractivity contribution in [2.24, 2.45) is 5.73 Å². The van der Waals surface area contributed by atoms with Gasteiger partial charge in [0, 0.05) is 11.0 Å². The van der Waals surface area contributed by atoms with Crippen LogP contribution in [0.1, 0.15) is 52.5 Å². The number of nitrogens with two attached hydrogens (primary N) is 1. The summed E-state index contributed by atoms with van der Waals surface area (Å²) >= 11 is 1.45. The summed E-state index contributed by atoms with van der Waals surface area (Å²) in [6, 6.07) is 5.49. The van der Waals surface area contributed by atoms with Crippen molar-refractivity contribution in [3.63, 3.8) is 0 Å². The Bertz CT molecular complexity index is 933. The molecule has 0 saturated carbocycles. The van der Waals surface area contributed by atoms with Crippen molar-refractivity contribution < 1.29 is 19.1 Å². The van der Waals surface area contributed by atoms with Crippen LogP contribution in [0.15, 0.2) is 24.3 Å². The summed E-state index contributed by atoms with van der Waals surface area (Å²) in [7, 11) is 1.58. The Labute approximate surface area is 174 Å². The van der Waals surface area contributed by atoms with E-state index in [0.29, 0.717) is 28.7 Å². The summed E-state index contributed by atoms with van der Waals surface area (Å²) in [5.41, 5.74) is 7.85. The Morgan fingerprint density at radius 3 is 2.76 bits per heavy atom.